The number of hydrogen-bond acceptors (Lipinski definition) is 6. The quantitative estimate of drug-likeness (QED) is 0.385. The first-order chi connectivity index (χ1) is 11.3. The molecule has 0 saturated carbocycles. The number of carbonyl (C=O) groups is 1. The number of halogens is 1. The van der Waals surface area contributed by atoms with Crippen molar-refractivity contribution in [2.24, 2.45) is 0 Å². The molecule has 1 saturated heterocycles. The zero-order valence-corrected chi connectivity index (χ0v) is 16.2. The van der Waals surface area contributed by atoms with Crippen LogP contribution in [0.5, 0.6) is 0 Å². The van der Waals surface area contributed by atoms with Crippen LogP contribution < -0.4 is 0 Å². The average Bonchev–Trinajstić information content (AvgIpc) is 2.64. The largest absolute Gasteiger partial charge is 0.382 e. The van der Waals surface area contributed by atoms with Crippen molar-refractivity contribution in [1.29, 1.82) is 0 Å². The van der Waals surface area contributed by atoms with Gasteiger partial charge in [0, 0.05) is 13.7 Å². The molecule has 1 amide bonds. The zero-order chi connectivity index (χ0) is 18.2. The molecule has 24 heavy (non-hydrogen) atoms. The molecule has 8 heteroatoms. The van der Waals surface area contributed by atoms with Gasteiger partial charge in [-0.05, 0) is 39.5 Å². The Morgan fingerprint density at radius 1 is 0.875 bits per heavy atom. The molecule has 0 atom stereocenters. The molecule has 7 nitrogen and oxygen atoms in total. The van der Waals surface area contributed by atoms with Gasteiger partial charge in [0.2, 0.25) is 5.91 Å². The van der Waals surface area contributed by atoms with Crippen molar-refractivity contribution in [1.82, 2.24) is 9.32 Å². The van der Waals surface area contributed by atoms with E-state index in [0.29, 0.717) is 52.8 Å². The summed E-state index contributed by atoms with van der Waals surface area (Å²) in [7, 11) is 1.64. The molecule has 1 heterocycles. The molecule has 0 unspecified atom stereocenters. The van der Waals surface area contributed by atoms with Crippen LogP contribution in [0, 0.1) is 0 Å². The molecule has 1 rings (SSSR count). The first-order valence-corrected chi connectivity index (χ1v) is 8.60. The predicted molar refractivity (Wildman–Crippen MR) is 91.9 cm³/mol. The molecular formula is C16H31ClN2O5. The highest BCUT2D eigenvalue weighted by Crippen LogP contribution is 2.39. The van der Waals surface area contributed by atoms with E-state index in [9.17, 15) is 4.79 Å². The summed E-state index contributed by atoms with van der Waals surface area (Å²) in [5.41, 5.74) is -1.25. The Morgan fingerprint density at radius 3 is 1.75 bits per heavy atom. The van der Waals surface area contributed by atoms with Gasteiger partial charge in [-0.3, -0.25) is 4.79 Å². The van der Waals surface area contributed by atoms with Gasteiger partial charge in [-0.1, -0.05) is 0 Å². The highest BCUT2D eigenvalue weighted by atomic mass is 35.5. The van der Waals surface area contributed by atoms with E-state index in [4.69, 9.17) is 30.7 Å². The van der Waals surface area contributed by atoms with Gasteiger partial charge < -0.3 is 23.8 Å². The van der Waals surface area contributed by atoms with Crippen LogP contribution in [0.1, 0.15) is 27.7 Å². The van der Waals surface area contributed by atoms with Gasteiger partial charge in [-0.25, -0.2) is 0 Å². The molecule has 142 valence electrons. The maximum absolute atomic E-state index is 12.5. The second-order valence-corrected chi connectivity index (χ2v) is 6.96. The Hall–Kier alpha value is -0.440. The summed E-state index contributed by atoms with van der Waals surface area (Å²) in [5.74, 6) is 0.00978. The lowest BCUT2D eigenvalue weighted by molar-refractivity contribution is -0.134. The van der Waals surface area contributed by atoms with Gasteiger partial charge in [0.25, 0.3) is 0 Å². The fourth-order valence-electron chi connectivity index (χ4n) is 2.67. The Labute approximate surface area is 150 Å². The lowest BCUT2D eigenvalue weighted by atomic mass is 10.1. The van der Waals surface area contributed by atoms with Crippen molar-refractivity contribution in [2.45, 2.75) is 38.9 Å². The van der Waals surface area contributed by atoms with Gasteiger partial charge in [-0.2, -0.15) is 4.42 Å². The normalized spacial score (nSPS) is 20.1. The van der Waals surface area contributed by atoms with E-state index < -0.39 is 11.2 Å². The molecule has 0 N–H and O–H groups in total. The van der Waals surface area contributed by atoms with Crippen molar-refractivity contribution in [3.63, 3.8) is 0 Å². The number of hydrogen-bond donors (Lipinski definition) is 0. The summed E-state index contributed by atoms with van der Waals surface area (Å²) in [6.45, 7) is 11.7. The SMILES string of the molecule is COCCOCCOCCOCCN1C(=O)C(C)(C)N(Cl)C1(C)C. The molecule has 1 fully saturated rings. The molecular weight excluding hydrogens is 336 g/mol. The molecule has 0 aromatic carbocycles. The maximum atomic E-state index is 12.5. The van der Waals surface area contributed by atoms with Crippen LogP contribution in [0.3, 0.4) is 0 Å². The fraction of sp³-hybridized carbons (Fsp3) is 0.938. The average molecular weight is 367 g/mol. The van der Waals surface area contributed by atoms with E-state index in [2.05, 4.69) is 0 Å². The Bertz CT molecular complexity index is 393. The van der Waals surface area contributed by atoms with Crippen molar-refractivity contribution in [2.75, 3.05) is 59.9 Å². The number of rotatable bonds is 12. The number of nitrogens with zero attached hydrogens (tertiary/aromatic N) is 2. The van der Waals surface area contributed by atoms with Crippen molar-refractivity contribution < 1.29 is 23.7 Å². The monoisotopic (exact) mass is 366 g/mol. The molecule has 1 aliphatic rings. The lowest BCUT2D eigenvalue weighted by Crippen LogP contribution is -2.47. The number of methoxy groups -OCH3 is 1. The highest BCUT2D eigenvalue weighted by molar-refractivity contribution is 6.17. The Balaban J connectivity index is 2.12. The lowest BCUT2D eigenvalue weighted by Gasteiger charge is -2.35. The molecule has 0 aromatic rings. The molecule has 0 aromatic heterocycles. The minimum absolute atomic E-state index is 0.00978. The summed E-state index contributed by atoms with van der Waals surface area (Å²) >= 11 is 6.32. The topological polar surface area (TPSA) is 60.5 Å². The second-order valence-electron chi connectivity index (χ2n) is 6.62. The Morgan fingerprint density at radius 2 is 1.33 bits per heavy atom. The van der Waals surface area contributed by atoms with Gasteiger partial charge in [0.05, 0.1) is 46.2 Å². The highest BCUT2D eigenvalue weighted by Gasteiger charge is 2.55. The van der Waals surface area contributed by atoms with E-state index in [0.717, 1.165) is 0 Å². The summed E-state index contributed by atoms with van der Waals surface area (Å²) in [4.78, 5) is 14.2. The number of ether oxygens (including phenoxy) is 4. The third-order valence-electron chi connectivity index (χ3n) is 4.04. The number of carbonyl (C=O) groups excluding carboxylic acids is 1. The minimum atomic E-state index is -0.711. The second kappa shape index (κ2) is 9.89. The van der Waals surface area contributed by atoms with E-state index in [-0.39, 0.29) is 5.91 Å². The smallest absolute Gasteiger partial charge is 0.245 e. The summed E-state index contributed by atoms with van der Waals surface area (Å²) in [5, 5.41) is 0. The number of amides is 1. The first-order valence-electron chi connectivity index (χ1n) is 8.26. The van der Waals surface area contributed by atoms with Crippen LogP contribution in [0.15, 0.2) is 0 Å². The summed E-state index contributed by atoms with van der Waals surface area (Å²) < 4.78 is 22.7. The minimum Gasteiger partial charge on any atom is -0.382 e. The van der Waals surface area contributed by atoms with Gasteiger partial charge in [-0.15, -0.1) is 0 Å². The van der Waals surface area contributed by atoms with Crippen LogP contribution in [-0.2, 0) is 23.7 Å². The third kappa shape index (κ3) is 5.54. The van der Waals surface area contributed by atoms with Crippen molar-refractivity contribution >= 4 is 17.7 Å². The molecule has 0 aliphatic carbocycles. The van der Waals surface area contributed by atoms with Crippen LogP contribution in [0.4, 0.5) is 0 Å². The molecule has 1 aliphatic heterocycles. The molecule has 0 bridgehead atoms. The van der Waals surface area contributed by atoms with E-state index >= 15 is 0 Å². The van der Waals surface area contributed by atoms with Crippen LogP contribution in [0.25, 0.3) is 0 Å². The standard InChI is InChI=1S/C16H31ClN2O5/c1-15(2)14(20)18(16(3,4)19(15)17)6-7-22-10-11-24-13-12-23-9-8-21-5/h6-13H2,1-5H3. The summed E-state index contributed by atoms with van der Waals surface area (Å²) in [6, 6.07) is 0. The first kappa shape index (κ1) is 21.6. The van der Waals surface area contributed by atoms with Crippen molar-refractivity contribution in [3.05, 3.63) is 0 Å². The van der Waals surface area contributed by atoms with Crippen LogP contribution in [0.2, 0.25) is 0 Å². The van der Waals surface area contributed by atoms with Gasteiger partial charge >= 0.3 is 0 Å². The molecule has 0 spiro atoms. The van der Waals surface area contributed by atoms with E-state index in [1.54, 1.807) is 16.4 Å². The summed E-state index contributed by atoms with van der Waals surface area (Å²) in [6.07, 6.45) is 0. The third-order valence-corrected chi connectivity index (χ3v) is 4.87. The van der Waals surface area contributed by atoms with E-state index in [1.165, 1.54) is 0 Å². The zero-order valence-electron chi connectivity index (χ0n) is 15.5. The molecule has 0 radical (unpaired) electrons. The predicted octanol–water partition coefficient (Wildman–Crippen LogP) is 1.50. The van der Waals surface area contributed by atoms with E-state index in [1.807, 2.05) is 27.7 Å². The fourth-order valence-corrected chi connectivity index (χ4v) is 2.83. The van der Waals surface area contributed by atoms with Gasteiger partial charge in [0.1, 0.15) is 11.2 Å². The van der Waals surface area contributed by atoms with Gasteiger partial charge in [0.15, 0.2) is 0 Å². The Kier molecular flexibility index (Phi) is 8.90. The van der Waals surface area contributed by atoms with Crippen LogP contribution in [-0.4, -0.2) is 86.3 Å². The van der Waals surface area contributed by atoms with Crippen LogP contribution >= 0.6 is 11.8 Å². The maximum Gasteiger partial charge on any atom is 0.245 e. The van der Waals surface area contributed by atoms with Crippen molar-refractivity contribution in [3.8, 4) is 0 Å².